The minimum absolute atomic E-state index is 0.0781. The van der Waals surface area contributed by atoms with E-state index in [4.69, 9.17) is 15.6 Å². The van der Waals surface area contributed by atoms with E-state index in [1.165, 1.54) is 19.3 Å². The molecule has 2 rings (SSSR count). The topological polar surface area (TPSA) is 58.7 Å². The minimum Gasteiger partial charge on any atom is -0.394 e. The molecule has 3 N–H and O–H groups in total. The largest absolute Gasteiger partial charge is 0.394 e. The average Bonchev–Trinajstić information content (AvgIpc) is 2.64. The Kier molecular flexibility index (Phi) is 4.42. The van der Waals surface area contributed by atoms with E-state index in [2.05, 4.69) is 4.90 Å². The lowest BCUT2D eigenvalue weighted by Crippen LogP contribution is -2.43. The van der Waals surface area contributed by atoms with Crippen molar-refractivity contribution < 1.29 is 9.84 Å². The van der Waals surface area contributed by atoms with Crippen LogP contribution in [0.2, 0.25) is 0 Å². The molecule has 2 aliphatic rings. The van der Waals surface area contributed by atoms with Gasteiger partial charge in [-0.3, -0.25) is 4.90 Å². The molecule has 2 saturated heterocycles. The first-order valence-electron chi connectivity index (χ1n) is 6.87. The summed E-state index contributed by atoms with van der Waals surface area (Å²) in [5.41, 5.74) is 5.51. The Morgan fingerprint density at radius 3 is 2.53 bits per heavy atom. The number of morpholine rings is 1. The summed E-state index contributed by atoms with van der Waals surface area (Å²) in [7, 11) is 0. The maximum absolute atomic E-state index is 9.07. The van der Waals surface area contributed by atoms with Gasteiger partial charge < -0.3 is 15.6 Å². The van der Waals surface area contributed by atoms with Crippen LogP contribution in [0, 0.1) is 0 Å². The monoisotopic (exact) mass is 242 g/mol. The van der Waals surface area contributed by atoms with Crippen molar-refractivity contribution >= 4 is 0 Å². The van der Waals surface area contributed by atoms with Gasteiger partial charge >= 0.3 is 0 Å². The second kappa shape index (κ2) is 5.65. The highest BCUT2D eigenvalue weighted by Crippen LogP contribution is 2.26. The van der Waals surface area contributed by atoms with Crippen molar-refractivity contribution in [1.29, 1.82) is 0 Å². The van der Waals surface area contributed by atoms with E-state index in [1.54, 1.807) is 0 Å². The molecule has 2 fully saturated rings. The number of likely N-dealkylation sites (tertiary alicyclic amines) is 1. The third kappa shape index (κ3) is 3.91. The van der Waals surface area contributed by atoms with Crippen LogP contribution < -0.4 is 5.73 Å². The van der Waals surface area contributed by atoms with Crippen LogP contribution in [-0.4, -0.2) is 54.0 Å². The normalized spacial score (nSPS) is 32.6. The van der Waals surface area contributed by atoms with E-state index in [0.29, 0.717) is 12.2 Å². The van der Waals surface area contributed by atoms with Gasteiger partial charge in [0.2, 0.25) is 0 Å². The number of ether oxygens (including phenoxy) is 1. The molecule has 0 aromatic rings. The van der Waals surface area contributed by atoms with Gasteiger partial charge in [0.15, 0.2) is 0 Å². The van der Waals surface area contributed by atoms with Crippen molar-refractivity contribution in [3.05, 3.63) is 0 Å². The molecule has 2 heterocycles. The first-order valence-corrected chi connectivity index (χ1v) is 6.87. The van der Waals surface area contributed by atoms with Crippen molar-refractivity contribution in [3.8, 4) is 0 Å². The van der Waals surface area contributed by atoms with Crippen molar-refractivity contribution in [2.45, 2.75) is 56.8 Å². The number of rotatable bonds is 6. The lowest BCUT2D eigenvalue weighted by molar-refractivity contribution is -0.0386. The Morgan fingerprint density at radius 2 is 1.94 bits per heavy atom. The molecule has 0 spiro atoms. The molecule has 4 nitrogen and oxygen atoms in total. The first kappa shape index (κ1) is 13.3. The summed E-state index contributed by atoms with van der Waals surface area (Å²) in [4.78, 5) is 2.53. The summed E-state index contributed by atoms with van der Waals surface area (Å²) in [5.74, 6) is 0. The van der Waals surface area contributed by atoms with Crippen molar-refractivity contribution in [1.82, 2.24) is 4.90 Å². The molecular weight excluding hydrogens is 216 g/mol. The number of nitrogens with two attached hydrogens (primary N) is 1. The Labute approximate surface area is 104 Å². The van der Waals surface area contributed by atoms with Crippen LogP contribution in [0.5, 0.6) is 0 Å². The SMILES string of the molecule is CC(N)(CO)CCCCN1CC2CCC(C1)O2. The molecule has 0 aliphatic carbocycles. The van der Waals surface area contributed by atoms with Crippen LogP contribution in [0.15, 0.2) is 0 Å². The minimum atomic E-state index is -0.399. The summed E-state index contributed by atoms with van der Waals surface area (Å²) in [5, 5.41) is 9.07. The second-order valence-electron chi connectivity index (χ2n) is 5.99. The molecule has 0 aromatic carbocycles. The van der Waals surface area contributed by atoms with E-state index < -0.39 is 5.54 Å². The number of nitrogens with zero attached hydrogens (tertiary/aromatic N) is 1. The fraction of sp³-hybridized carbons (Fsp3) is 1.00. The zero-order chi connectivity index (χ0) is 12.3. The van der Waals surface area contributed by atoms with Crippen molar-refractivity contribution in [2.24, 2.45) is 5.73 Å². The van der Waals surface area contributed by atoms with Crippen molar-refractivity contribution in [2.75, 3.05) is 26.2 Å². The van der Waals surface area contributed by atoms with Crippen LogP contribution in [0.25, 0.3) is 0 Å². The smallest absolute Gasteiger partial charge is 0.0707 e. The molecule has 0 aromatic heterocycles. The number of aliphatic hydroxyl groups is 1. The molecular formula is C13H26N2O2. The van der Waals surface area contributed by atoms with Gasteiger partial charge in [0.25, 0.3) is 0 Å². The summed E-state index contributed by atoms with van der Waals surface area (Å²) >= 11 is 0. The molecule has 2 aliphatic heterocycles. The zero-order valence-corrected chi connectivity index (χ0v) is 10.9. The third-order valence-corrected chi connectivity index (χ3v) is 3.95. The molecule has 0 saturated carbocycles. The van der Waals surface area contributed by atoms with Gasteiger partial charge in [0.1, 0.15) is 0 Å². The van der Waals surface area contributed by atoms with Crippen LogP contribution >= 0.6 is 0 Å². The third-order valence-electron chi connectivity index (χ3n) is 3.95. The van der Waals surface area contributed by atoms with Gasteiger partial charge in [-0.15, -0.1) is 0 Å². The van der Waals surface area contributed by atoms with Gasteiger partial charge in [-0.1, -0.05) is 6.42 Å². The highest BCUT2D eigenvalue weighted by molar-refractivity contribution is 4.85. The van der Waals surface area contributed by atoms with Crippen LogP contribution in [0.4, 0.5) is 0 Å². The fourth-order valence-corrected chi connectivity index (χ4v) is 2.83. The Balaban J connectivity index is 1.60. The summed E-state index contributed by atoms with van der Waals surface area (Å²) in [6, 6.07) is 0. The standard InChI is InChI=1S/C13H26N2O2/c1-13(14,10-16)6-2-3-7-15-8-11-4-5-12(9-15)17-11/h11-12,16H,2-10,14H2,1H3. The Morgan fingerprint density at radius 1 is 1.29 bits per heavy atom. The van der Waals surface area contributed by atoms with E-state index in [1.807, 2.05) is 6.92 Å². The van der Waals surface area contributed by atoms with Crippen molar-refractivity contribution in [3.63, 3.8) is 0 Å². The highest BCUT2D eigenvalue weighted by atomic mass is 16.5. The second-order valence-corrected chi connectivity index (χ2v) is 5.99. The molecule has 3 unspecified atom stereocenters. The van der Waals surface area contributed by atoms with E-state index in [-0.39, 0.29) is 6.61 Å². The van der Waals surface area contributed by atoms with Gasteiger partial charge in [-0.05, 0) is 39.2 Å². The average molecular weight is 242 g/mol. The van der Waals surface area contributed by atoms with Gasteiger partial charge in [-0.25, -0.2) is 0 Å². The molecule has 100 valence electrons. The summed E-state index contributed by atoms with van der Waals surface area (Å²) in [6.07, 6.45) is 6.64. The van der Waals surface area contributed by atoms with Gasteiger partial charge in [-0.2, -0.15) is 0 Å². The lowest BCUT2D eigenvalue weighted by Gasteiger charge is -2.32. The predicted octanol–water partition coefficient (Wildman–Crippen LogP) is 0.730. The molecule has 3 atom stereocenters. The first-order chi connectivity index (χ1) is 8.09. The lowest BCUT2D eigenvalue weighted by atomic mass is 9.97. The number of fused-ring (bicyclic) bond motifs is 2. The maximum Gasteiger partial charge on any atom is 0.0707 e. The Bertz CT molecular complexity index is 234. The van der Waals surface area contributed by atoms with Crippen LogP contribution in [0.3, 0.4) is 0 Å². The zero-order valence-electron chi connectivity index (χ0n) is 10.9. The number of hydrogen-bond acceptors (Lipinski definition) is 4. The summed E-state index contributed by atoms with van der Waals surface area (Å²) in [6.45, 7) is 5.36. The molecule has 4 heteroatoms. The van der Waals surface area contributed by atoms with E-state index in [0.717, 1.165) is 32.5 Å². The fourth-order valence-electron chi connectivity index (χ4n) is 2.83. The van der Waals surface area contributed by atoms with Crippen LogP contribution in [0.1, 0.15) is 39.0 Å². The summed E-state index contributed by atoms with van der Waals surface area (Å²) < 4.78 is 5.81. The van der Waals surface area contributed by atoms with Gasteiger partial charge in [0.05, 0.1) is 18.8 Å². The number of hydrogen-bond donors (Lipinski definition) is 2. The quantitative estimate of drug-likeness (QED) is 0.674. The van der Waals surface area contributed by atoms with Gasteiger partial charge in [0, 0.05) is 18.6 Å². The Hall–Kier alpha value is -0.160. The molecule has 2 bridgehead atoms. The van der Waals surface area contributed by atoms with Crippen LogP contribution in [-0.2, 0) is 4.74 Å². The maximum atomic E-state index is 9.07. The van der Waals surface area contributed by atoms with E-state index in [9.17, 15) is 0 Å². The van der Waals surface area contributed by atoms with E-state index >= 15 is 0 Å². The molecule has 17 heavy (non-hydrogen) atoms. The molecule has 0 radical (unpaired) electrons. The predicted molar refractivity (Wildman–Crippen MR) is 67.9 cm³/mol. The molecule has 0 amide bonds. The highest BCUT2D eigenvalue weighted by Gasteiger charge is 2.33. The number of aliphatic hydroxyl groups excluding tert-OH is 1. The number of unbranched alkanes of at least 4 members (excludes halogenated alkanes) is 1.